The normalized spacial score (nSPS) is 10.3. The van der Waals surface area contributed by atoms with Crippen LogP contribution < -0.4 is 5.73 Å². The largest absolute Gasteiger partial charge is 0.393 e. The molecule has 0 spiro atoms. The van der Waals surface area contributed by atoms with Gasteiger partial charge in [0, 0.05) is 11.0 Å². The number of hydrogen-bond donors (Lipinski definition) is 1. The zero-order valence-electron chi connectivity index (χ0n) is 9.31. The maximum Gasteiger partial charge on any atom is 0.293 e. The van der Waals surface area contributed by atoms with Crippen LogP contribution in [0, 0.1) is 10.1 Å². The van der Waals surface area contributed by atoms with Gasteiger partial charge in [-0.2, -0.15) is 0 Å². The Morgan fingerprint density at radius 2 is 2.19 bits per heavy atom. The van der Waals surface area contributed by atoms with Crippen molar-refractivity contribution in [2.24, 2.45) is 0 Å². The van der Waals surface area contributed by atoms with Crippen LogP contribution in [0.5, 0.6) is 0 Å². The van der Waals surface area contributed by atoms with Crippen molar-refractivity contribution in [3.63, 3.8) is 0 Å². The fourth-order valence-electron chi connectivity index (χ4n) is 1.31. The van der Waals surface area contributed by atoms with Crippen molar-refractivity contribution >= 4 is 23.1 Å². The third kappa shape index (κ3) is 3.73. The fourth-order valence-corrected chi connectivity index (χ4v) is 2.26. The molecule has 0 saturated heterocycles. The van der Waals surface area contributed by atoms with Crippen LogP contribution in [-0.4, -0.2) is 10.7 Å². The summed E-state index contributed by atoms with van der Waals surface area (Å²) in [4.78, 5) is 11.1. The molecule has 0 aliphatic carbocycles. The molecule has 16 heavy (non-hydrogen) atoms. The Hall–Kier alpha value is -1.23. The number of nitro benzene ring substituents is 1. The number of nitrogens with two attached hydrogens (primary N) is 1. The Morgan fingerprint density at radius 1 is 1.44 bits per heavy atom. The van der Waals surface area contributed by atoms with E-state index in [0.717, 1.165) is 17.1 Å². The smallest absolute Gasteiger partial charge is 0.293 e. The highest BCUT2D eigenvalue weighted by Crippen LogP contribution is 2.28. The van der Waals surface area contributed by atoms with Crippen molar-refractivity contribution in [3.8, 4) is 0 Å². The molecule has 0 radical (unpaired) electrons. The SMILES string of the molecule is CCCCCSc1ccc(N)c([N+](=O)[O-])c1. The molecule has 0 fully saturated rings. The summed E-state index contributed by atoms with van der Waals surface area (Å²) in [5.74, 6) is 0.995. The number of nitrogens with zero attached hydrogens (tertiary/aromatic N) is 1. The minimum Gasteiger partial charge on any atom is -0.393 e. The number of hydrogen-bond acceptors (Lipinski definition) is 4. The summed E-state index contributed by atoms with van der Waals surface area (Å²) in [5, 5.41) is 10.7. The number of nitro groups is 1. The van der Waals surface area contributed by atoms with Gasteiger partial charge < -0.3 is 5.73 Å². The van der Waals surface area contributed by atoms with Crippen molar-refractivity contribution in [3.05, 3.63) is 28.3 Å². The monoisotopic (exact) mass is 240 g/mol. The van der Waals surface area contributed by atoms with Crippen molar-refractivity contribution in [1.29, 1.82) is 0 Å². The highest BCUT2D eigenvalue weighted by atomic mass is 32.2. The van der Waals surface area contributed by atoms with E-state index in [1.807, 2.05) is 6.07 Å². The van der Waals surface area contributed by atoms with Gasteiger partial charge in [-0.15, -0.1) is 11.8 Å². The second-order valence-corrected chi connectivity index (χ2v) is 4.70. The molecule has 5 heteroatoms. The number of benzene rings is 1. The molecule has 88 valence electrons. The molecule has 4 nitrogen and oxygen atoms in total. The maximum absolute atomic E-state index is 10.7. The molecule has 0 unspecified atom stereocenters. The Kier molecular flexibility index (Phi) is 5.11. The average Bonchev–Trinajstić information content (AvgIpc) is 2.26. The summed E-state index contributed by atoms with van der Waals surface area (Å²) in [6, 6.07) is 4.98. The van der Waals surface area contributed by atoms with Gasteiger partial charge >= 0.3 is 0 Å². The van der Waals surface area contributed by atoms with Gasteiger partial charge in [0.25, 0.3) is 5.69 Å². The van der Waals surface area contributed by atoms with E-state index in [1.165, 1.54) is 12.8 Å². The second kappa shape index (κ2) is 6.37. The summed E-state index contributed by atoms with van der Waals surface area (Å²) in [5.41, 5.74) is 5.74. The number of anilines is 1. The first kappa shape index (κ1) is 12.8. The average molecular weight is 240 g/mol. The zero-order valence-corrected chi connectivity index (χ0v) is 10.1. The van der Waals surface area contributed by atoms with Gasteiger partial charge in [0.2, 0.25) is 0 Å². The van der Waals surface area contributed by atoms with Crippen LogP contribution in [0.3, 0.4) is 0 Å². The van der Waals surface area contributed by atoms with Crippen molar-refractivity contribution < 1.29 is 4.92 Å². The lowest BCUT2D eigenvalue weighted by atomic mass is 10.3. The number of nitrogen functional groups attached to an aromatic ring is 1. The standard InChI is InChI=1S/C11H16N2O2S/c1-2-3-4-7-16-9-5-6-10(12)11(8-9)13(14)15/h5-6,8H,2-4,7,12H2,1H3. The van der Waals surface area contributed by atoms with Crippen LogP contribution in [0.1, 0.15) is 26.2 Å². The van der Waals surface area contributed by atoms with Gasteiger partial charge in [-0.3, -0.25) is 10.1 Å². The number of thioether (sulfide) groups is 1. The van der Waals surface area contributed by atoms with E-state index in [9.17, 15) is 10.1 Å². The number of rotatable bonds is 6. The maximum atomic E-state index is 10.7. The van der Waals surface area contributed by atoms with E-state index in [0.29, 0.717) is 0 Å². The first-order valence-corrected chi connectivity index (χ1v) is 6.30. The minimum atomic E-state index is -0.439. The summed E-state index contributed by atoms with van der Waals surface area (Å²) in [6.07, 6.45) is 3.52. The van der Waals surface area contributed by atoms with Gasteiger partial charge in [-0.05, 0) is 24.3 Å². The molecule has 1 aromatic carbocycles. The van der Waals surface area contributed by atoms with Crippen molar-refractivity contribution in [1.82, 2.24) is 0 Å². The van der Waals surface area contributed by atoms with E-state index in [-0.39, 0.29) is 11.4 Å². The molecule has 0 atom stereocenters. The van der Waals surface area contributed by atoms with Crippen LogP contribution in [0.15, 0.2) is 23.1 Å². The second-order valence-electron chi connectivity index (χ2n) is 3.53. The summed E-state index contributed by atoms with van der Waals surface area (Å²) in [6.45, 7) is 2.15. The molecule has 0 amide bonds. The van der Waals surface area contributed by atoms with Crippen LogP contribution in [0.4, 0.5) is 11.4 Å². The Labute approximate surface area is 99.4 Å². The third-order valence-electron chi connectivity index (χ3n) is 2.22. The molecular formula is C11H16N2O2S. The summed E-state index contributed by atoms with van der Waals surface area (Å²) in [7, 11) is 0. The van der Waals surface area contributed by atoms with Crippen LogP contribution in [-0.2, 0) is 0 Å². The van der Waals surface area contributed by atoms with E-state index < -0.39 is 4.92 Å². The molecule has 0 aliphatic rings. The Morgan fingerprint density at radius 3 is 2.81 bits per heavy atom. The van der Waals surface area contributed by atoms with Gasteiger partial charge in [-0.1, -0.05) is 19.8 Å². The summed E-state index contributed by atoms with van der Waals surface area (Å²) >= 11 is 1.64. The van der Waals surface area contributed by atoms with Gasteiger partial charge in [0.05, 0.1) is 4.92 Å². The quantitative estimate of drug-likeness (QED) is 0.272. The van der Waals surface area contributed by atoms with Crippen LogP contribution >= 0.6 is 11.8 Å². The Bertz CT molecular complexity index is 369. The molecule has 0 saturated carbocycles. The van der Waals surface area contributed by atoms with Crippen LogP contribution in [0.2, 0.25) is 0 Å². The van der Waals surface area contributed by atoms with Gasteiger partial charge in [0.1, 0.15) is 5.69 Å². The van der Waals surface area contributed by atoms with Crippen molar-refractivity contribution in [2.45, 2.75) is 31.1 Å². The van der Waals surface area contributed by atoms with Gasteiger partial charge in [-0.25, -0.2) is 0 Å². The Balaban J connectivity index is 2.61. The third-order valence-corrected chi connectivity index (χ3v) is 3.30. The molecule has 2 N–H and O–H groups in total. The van der Waals surface area contributed by atoms with E-state index >= 15 is 0 Å². The van der Waals surface area contributed by atoms with E-state index in [1.54, 1.807) is 23.9 Å². The molecule has 0 heterocycles. The molecule has 1 rings (SSSR count). The predicted octanol–water partition coefficient (Wildman–Crippen LogP) is 3.46. The fraction of sp³-hybridized carbons (Fsp3) is 0.455. The molecular weight excluding hydrogens is 224 g/mol. The van der Waals surface area contributed by atoms with E-state index in [4.69, 9.17) is 5.73 Å². The highest BCUT2D eigenvalue weighted by molar-refractivity contribution is 7.99. The lowest BCUT2D eigenvalue weighted by molar-refractivity contribution is -0.384. The summed E-state index contributed by atoms with van der Waals surface area (Å²) < 4.78 is 0. The molecule has 0 aliphatic heterocycles. The topological polar surface area (TPSA) is 69.2 Å². The lowest BCUT2D eigenvalue weighted by Crippen LogP contribution is -1.95. The first-order valence-electron chi connectivity index (χ1n) is 5.32. The van der Waals surface area contributed by atoms with Crippen molar-refractivity contribution in [2.75, 3.05) is 11.5 Å². The highest BCUT2D eigenvalue weighted by Gasteiger charge is 2.11. The number of unbranched alkanes of at least 4 members (excludes halogenated alkanes) is 2. The zero-order chi connectivity index (χ0) is 12.0. The molecule has 1 aromatic rings. The molecule has 0 bridgehead atoms. The lowest BCUT2D eigenvalue weighted by Gasteiger charge is -2.02. The minimum absolute atomic E-state index is 0.000455. The van der Waals surface area contributed by atoms with E-state index in [2.05, 4.69) is 6.92 Å². The van der Waals surface area contributed by atoms with Crippen LogP contribution in [0.25, 0.3) is 0 Å². The first-order chi connectivity index (χ1) is 7.65. The van der Waals surface area contributed by atoms with Gasteiger partial charge in [0.15, 0.2) is 0 Å². The predicted molar refractivity (Wildman–Crippen MR) is 67.8 cm³/mol. The molecule has 0 aromatic heterocycles.